The second-order valence-electron chi connectivity index (χ2n) is 9.23. The van der Waals surface area contributed by atoms with Gasteiger partial charge in [0.25, 0.3) is 5.91 Å². The lowest BCUT2D eigenvalue weighted by atomic mass is 10.0. The fourth-order valence-electron chi connectivity index (χ4n) is 3.94. The summed E-state index contributed by atoms with van der Waals surface area (Å²) in [5.41, 5.74) is 3.91. The highest BCUT2D eigenvalue weighted by molar-refractivity contribution is 6.31. The zero-order valence-corrected chi connectivity index (χ0v) is 22.2. The predicted octanol–water partition coefficient (Wildman–Crippen LogP) is 5.89. The number of hydrogen-bond donors (Lipinski definition) is 1. The zero-order chi connectivity index (χ0) is 26.1. The molecule has 0 saturated heterocycles. The van der Waals surface area contributed by atoms with Gasteiger partial charge in [-0.3, -0.25) is 9.59 Å². The van der Waals surface area contributed by atoms with Crippen molar-refractivity contribution < 1.29 is 14.3 Å². The lowest BCUT2D eigenvalue weighted by Crippen LogP contribution is -2.53. The van der Waals surface area contributed by atoms with E-state index in [-0.39, 0.29) is 24.5 Å². The number of halogens is 1. The van der Waals surface area contributed by atoms with E-state index in [4.69, 9.17) is 16.3 Å². The van der Waals surface area contributed by atoms with Crippen molar-refractivity contribution in [3.05, 3.63) is 100 Å². The van der Waals surface area contributed by atoms with Crippen LogP contribution in [0.5, 0.6) is 5.75 Å². The number of carbonyl (C=O) groups is 2. The second-order valence-corrected chi connectivity index (χ2v) is 9.64. The van der Waals surface area contributed by atoms with E-state index in [1.807, 2.05) is 82.3 Å². The number of benzene rings is 3. The number of nitrogens with one attached hydrogen (secondary N) is 1. The Labute approximate surface area is 219 Å². The van der Waals surface area contributed by atoms with Crippen molar-refractivity contribution in [3.8, 4) is 5.75 Å². The summed E-state index contributed by atoms with van der Waals surface area (Å²) in [7, 11) is 0. The Morgan fingerprint density at radius 2 is 1.69 bits per heavy atom. The number of amides is 2. The molecule has 0 fully saturated rings. The summed E-state index contributed by atoms with van der Waals surface area (Å²) in [6.07, 6.45) is 1.20. The molecule has 0 aliphatic carbocycles. The van der Waals surface area contributed by atoms with Crippen molar-refractivity contribution in [1.82, 2.24) is 10.2 Å². The maximum atomic E-state index is 13.6. The number of ether oxygens (including phenoxy) is 1. The average Bonchev–Trinajstić information content (AvgIpc) is 2.87. The summed E-state index contributed by atoms with van der Waals surface area (Å²) in [6.45, 7) is 8.00. The van der Waals surface area contributed by atoms with E-state index in [1.54, 1.807) is 23.1 Å². The molecule has 5 nitrogen and oxygen atoms in total. The van der Waals surface area contributed by atoms with Crippen LogP contribution in [-0.4, -0.2) is 35.4 Å². The van der Waals surface area contributed by atoms with Gasteiger partial charge in [-0.2, -0.15) is 0 Å². The van der Waals surface area contributed by atoms with Crippen molar-refractivity contribution in [2.45, 2.75) is 59.2 Å². The van der Waals surface area contributed by atoms with E-state index in [1.165, 1.54) is 0 Å². The first kappa shape index (κ1) is 27.3. The van der Waals surface area contributed by atoms with Gasteiger partial charge in [-0.25, -0.2) is 0 Å². The monoisotopic (exact) mass is 506 g/mol. The Hall–Kier alpha value is -3.31. The molecule has 0 aromatic heterocycles. The van der Waals surface area contributed by atoms with Gasteiger partial charge in [0.15, 0.2) is 6.61 Å². The van der Waals surface area contributed by atoms with E-state index in [0.29, 0.717) is 23.7 Å². The molecule has 0 aliphatic rings. The lowest BCUT2D eigenvalue weighted by Gasteiger charge is -2.32. The highest BCUT2D eigenvalue weighted by Gasteiger charge is 2.31. The molecule has 0 aliphatic heterocycles. The number of hydrogen-bond acceptors (Lipinski definition) is 3. The van der Waals surface area contributed by atoms with Crippen LogP contribution in [0.4, 0.5) is 0 Å². The first-order valence-electron chi connectivity index (χ1n) is 12.3. The third-order valence-electron chi connectivity index (χ3n) is 6.20. The van der Waals surface area contributed by atoms with Gasteiger partial charge < -0.3 is 15.0 Å². The largest absolute Gasteiger partial charge is 0.484 e. The summed E-state index contributed by atoms with van der Waals surface area (Å²) in [6, 6.07) is 22.4. The van der Waals surface area contributed by atoms with Crippen molar-refractivity contribution in [1.29, 1.82) is 0 Å². The molecule has 2 amide bonds. The molecular formula is C30H35ClN2O3. The van der Waals surface area contributed by atoms with Crippen LogP contribution in [-0.2, 0) is 22.6 Å². The lowest BCUT2D eigenvalue weighted by molar-refractivity contribution is -0.143. The van der Waals surface area contributed by atoms with Gasteiger partial charge in [0, 0.05) is 24.0 Å². The Morgan fingerprint density at radius 1 is 0.972 bits per heavy atom. The van der Waals surface area contributed by atoms with Crippen LogP contribution in [0.3, 0.4) is 0 Å². The first-order chi connectivity index (χ1) is 17.3. The first-order valence-corrected chi connectivity index (χ1v) is 12.7. The molecule has 3 aromatic carbocycles. The summed E-state index contributed by atoms with van der Waals surface area (Å²) < 4.78 is 5.85. The molecule has 0 radical (unpaired) electrons. The van der Waals surface area contributed by atoms with Gasteiger partial charge in [0.05, 0.1) is 0 Å². The van der Waals surface area contributed by atoms with Gasteiger partial charge in [0.2, 0.25) is 5.91 Å². The van der Waals surface area contributed by atoms with Crippen LogP contribution < -0.4 is 10.1 Å². The van der Waals surface area contributed by atoms with E-state index in [0.717, 1.165) is 28.7 Å². The topological polar surface area (TPSA) is 58.6 Å². The summed E-state index contributed by atoms with van der Waals surface area (Å²) in [4.78, 5) is 28.8. The minimum Gasteiger partial charge on any atom is -0.484 e. The van der Waals surface area contributed by atoms with Crippen molar-refractivity contribution >= 4 is 23.4 Å². The molecule has 0 saturated carbocycles. The maximum absolute atomic E-state index is 13.6. The SMILES string of the molecule is CC[C@H](C)NC(=O)[C@@H](Cc1ccccc1)N(Cc1cccc(C)c1)C(=O)COc1ccc(Cl)c(C)c1. The third-order valence-corrected chi connectivity index (χ3v) is 6.62. The van der Waals surface area contributed by atoms with Crippen LogP contribution in [0.1, 0.15) is 42.5 Å². The van der Waals surface area contributed by atoms with Crippen LogP contribution in [0.25, 0.3) is 0 Å². The Morgan fingerprint density at radius 3 is 2.36 bits per heavy atom. The average molecular weight is 507 g/mol. The smallest absolute Gasteiger partial charge is 0.261 e. The third kappa shape index (κ3) is 7.85. The van der Waals surface area contributed by atoms with Crippen LogP contribution >= 0.6 is 11.6 Å². The highest BCUT2D eigenvalue weighted by atomic mass is 35.5. The predicted molar refractivity (Wildman–Crippen MR) is 145 cm³/mol. The fraction of sp³-hybridized carbons (Fsp3) is 0.333. The molecule has 0 unspecified atom stereocenters. The molecule has 1 N–H and O–H groups in total. The number of nitrogens with zero attached hydrogens (tertiary/aromatic N) is 1. The van der Waals surface area contributed by atoms with Crippen LogP contribution in [0, 0.1) is 13.8 Å². The van der Waals surface area contributed by atoms with Crippen molar-refractivity contribution in [3.63, 3.8) is 0 Å². The molecule has 3 aromatic rings. The molecule has 190 valence electrons. The molecular weight excluding hydrogens is 472 g/mol. The number of carbonyl (C=O) groups excluding carboxylic acids is 2. The minimum absolute atomic E-state index is 0.0000115. The standard InChI is InChI=1S/C30H35ClN2O3/c1-5-23(4)32-30(35)28(18-24-11-7-6-8-12-24)33(19-25-13-9-10-21(2)16-25)29(34)20-36-26-14-15-27(31)22(3)17-26/h6-17,23,28H,5,18-20H2,1-4H3,(H,32,35)/t23-,28+/m0/s1. The van der Waals surface area contributed by atoms with E-state index < -0.39 is 6.04 Å². The molecule has 3 rings (SSSR count). The maximum Gasteiger partial charge on any atom is 0.261 e. The van der Waals surface area contributed by atoms with Gasteiger partial charge in [-0.05, 0) is 62.1 Å². The van der Waals surface area contributed by atoms with Crippen molar-refractivity contribution in [2.24, 2.45) is 0 Å². The van der Waals surface area contributed by atoms with Gasteiger partial charge >= 0.3 is 0 Å². The van der Waals surface area contributed by atoms with E-state index in [2.05, 4.69) is 5.32 Å². The molecule has 36 heavy (non-hydrogen) atoms. The Kier molecular flexibility index (Phi) is 9.95. The molecule has 6 heteroatoms. The van der Waals surface area contributed by atoms with Gasteiger partial charge in [0.1, 0.15) is 11.8 Å². The normalized spacial score (nSPS) is 12.5. The quantitative estimate of drug-likeness (QED) is 0.352. The van der Waals surface area contributed by atoms with Crippen LogP contribution in [0.15, 0.2) is 72.8 Å². The summed E-state index contributed by atoms with van der Waals surface area (Å²) in [5.74, 6) is 0.130. The molecule has 2 atom stereocenters. The molecule has 0 heterocycles. The van der Waals surface area contributed by atoms with Gasteiger partial charge in [-0.1, -0.05) is 78.7 Å². The molecule has 0 spiro atoms. The Bertz CT molecular complexity index is 1170. The Balaban J connectivity index is 1.91. The second kappa shape index (κ2) is 13.1. The minimum atomic E-state index is -0.690. The number of rotatable bonds is 11. The molecule has 0 bridgehead atoms. The van der Waals surface area contributed by atoms with Crippen molar-refractivity contribution in [2.75, 3.05) is 6.61 Å². The summed E-state index contributed by atoms with van der Waals surface area (Å²) in [5, 5.41) is 3.72. The highest BCUT2D eigenvalue weighted by Crippen LogP contribution is 2.22. The van der Waals surface area contributed by atoms with E-state index in [9.17, 15) is 9.59 Å². The fourth-order valence-corrected chi connectivity index (χ4v) is 4.05. The van der Waals surface area contributed by atoms with E-state index >= 15 is 0 Å². The number of aryl methyl sites for hydroxylation is 2. The van der Waals surface area contributed by atoms with Gasteiger partial charge in [-0.15, -0.1) is 0 Å². The zero-order valence-electron chi connectivity index (χ0n) is 21.5. The van der Waals surface area contributed by atoms with Crippen LogP contribution in [0.2, 0.25) is 5.02 Å². The summed E-state index contributed by atoms with van der Waals surface area (Å²) >= 11 is 6.13.